The molecule has 1 aromatic rings. The minimum absolute atomic E-state index is 0. The fourth-order valence-corrected chi connectivity index (χ4v) is 1.72. The van der Waals surface area contributed by atoms with Gasteiger partial charge < -0.3 is 13.7 Å². The molecule has 6 heteroatoms. The molecule has 17 heavy (non-hydrogen) atoms. The molecule has 0 unspecified atom stereocenters. The summed E-state index contributed by atoms with van der Waals surface area (Å²) in [5.74, 6) is 0.641. The molecule has 96 valence electrons. The Labute approximate surface area is 109 Å². The summed E-state index contributed by atoms with van der Waals surface area (Å²) in [5.41, 5.74) is 0.822. The van der Waals surface area contributed by atoms with Crippen LogP contribution in [-0.2, 0) is 9.31 Å². The van der Waals surface area contributed by atoms with Crippen LogP contribution in [-0.4, -0.2) is 23.3 Å². The minimum atomic E-state index is -0.453. The first kappa shape index (κ1) is 14.5. The van der Waals surface area contributed by atoms with Crippen molar-refractivity contribution in [1.82, 2.24) is 4.98 Å². The van der Waals surface area contributed by atoms with E-state index in [9.17, 15) is 0 Å². The van der Waals surface area contributed by atoms with Crippen molar-refractivity contribution in [2.75, 3.05) is 0 Å². The summed E-state index contributed by atoms with van der Waals surface area (Å²) in [5, 5.41) is 0. The third-order valence-electron chi connectivity index (χ3n) is 3.41. The lowest BCUT2D eigenvalue weighted by atomic mass is 9.85. The Morgan fingerprint density at radius 1 is 1.00 bits per heavy atom. The highest BCUT2D eigenvalue weighted by Gasteiger charge is 2.53. The molecule has 1 fully saturated rings. The van der Waals surface area contributed by atoms with Crippen molar-refractivity contribution in [1.29, 1.82) is 0 Å². The van der Waals surface area contributed by atoms with E-state index >= 15 is 0 Å². The van der Waals surface area contributed by atoms with E-state index in [1.807, 2.05) is 41.5 Å². The first-order valence-electron chi connectivity index (χ1n) is 5.52. The molecule has 2 rings (SSSR count). The Balaban J connectivity index is 0.00000144. The average molecular weight is 260 g/mol. The van der Waals surface area contributed by atoms with E-state index in [1.54, 1.807) is 0 Å². The van der Waals surface area contributed by atoms with Crippen LogP contribution in [0.25, 0.3) is 0 Å². The second kappa shape index (κ2) is 4.30. The normalized spacial score (nSPS) is 21.4. The second-order valence-corrected chi connectivity index (χ2v) is 5.27. The molecule has 0 radical (unpaired) electrons. The van der Waals surface area contributed by atoms with E-state index in [-0.39, 0.29) is 23.6 Å². The molecule has 4 nitrogen and oxygen atoms in total. The van der Waals surface area contributed by atoms with E-state index in [1.165, 1.54) is 0 Å². The lowest BCUT2D eigenvalue weighted by Crippen LogP contribution is -2.41. The van der Waals surface area contributed by atoms with Gasteiger partial charge in [0, 0.05) is 6.92 Å². The van der Waals surface area contributed by atoms with Gasteiger partial charge in [0.05, 0.1) is 16.9 Å². The van der Waals surface area contributed by atoms with Gasteiger partial charge in [-0.1, -0.05) is 0 Å². The van der Waals surface area contributed by atoms with Gasteiger partial charge in [-0.25, -0.2) is 4.98 Å². The molecule has 0 aliphatic carbocycles. The summed E-state index contributed by atoms with van der Waals surface area (Å²) in [4.78, 5) is 4.22. The fourth-order valence-electron chi connectivity index (χ4n) is 1.72. The van der Waals surface area contributed by atoms with Crippen LogP contribution < -0.4 is 5.66 Å². The summed E-state index contributed by atoms with van der Waals surface area (Å²) in [6, 6.07) is 0. The Bertz CT molecular complexity index is 401. The molecule has 1 aromatic heterocycles. The van der Waals surface area contributed by atoms with Gasteiger partial charge in [0.25, 0.3) is 0 Å². The fraction of sp³-hybridized carbons (Fsp3) is 0.727. The maximum atomic E-state index is 5.89. The predicted molar refractivity (Wildman–Crippen MR) is 68.9 cm³/mol. The van der Waals surface area contributed by atoms with Crippen molar-refractivity contribution in [3.63, 3.8) is 0 Å². The van der Waals surface area contributed by atoms with Crippen LogP contribution in [0, 0.1) is 13.8 Å². The summed E-state index contributed by atoms with van der Waals surface area (Å²) in [6.45, 7) is 11.8. The maximum Gasteiger partial charge on any atom is 0.534 e. The Morgan fingerprint density at radius 2 is 1.47 bits per heavy atom. The number of hydrogen-bond acceptors (Lipinski definition) is 4. The zero-order valence-electron chi connectivity index (χ0n) is 11.2. The molecule has 0 bridgehead atoms. The maximum absolute atomic E-state index is 5.89. The Hall–Kier alpha value is -0.515. The first-order chi connectivity index (χ1) is 7.23. The van der Waals surface area contributed by atoms with Gasteiger partial charge in [0.15, 0.2) is 11.6 Å². The van der Waals surface area contributed by atoms with E-state index in [0.29, 0.717) is 11.6 Å². The monoisotopic (exact) mass is 259 g/mol. The van der Waals surface area contributed by atoms with Crippen LogP contribution >= 0.6 is 12.4 Å². The van der Waals surface area contributed by atoms with Crippen LogP contribution in [0.2, 0.25) is 0 Å². The van der Waals surface area contributed by atoms with Crippen LogP contribution in [0.1, 0.15) is 39.3 Å². The van der Waals surface area contributed by atoms with Gasteiger partial charge in [-0.2, -0.15) is 0 Å². The zero-order chi connectivity index (χ0) is 12.1. The standard InChI is InChI=1S/C11H18BNO3.ClH/c1-7-9(14-8(2)13-7)12-15-10(3,4)11(5,6)16-12;/h1-6H3;1H. The molecular formula is C11H19BClNO3. The largest absolute Gasteiger partial charge is 0.534 e. The molecular weight excluding hydrogens is 240 g/mol. The molecule has 0 saturated carbocycles. The van der Waals surface area contributed by atoms with E-state index in [2.05, 4.69) is 4.98 Å². The number of halogens is 1. The molecule has 0 atom stereocenters. The van der Waals surface area contributed by atoms with E-state index in [0.717, 1.165) is 5.69 Å². The lowest BCUT2D eigenvalue weighted by molar-refractivity contribution is 0.00578. The van der Waals surface area contributed by atoms with Crippen molar-refractivity contribution >= 4 is 25.2 Å². The molecule has 0 spiro atoms. The van der Waals surface area contributed by atoms with Crippen LogP contribution in [0.3, 0.4) is 0 Å². The van der Waals surface area contributed by atoms with Crippen molar-refractivity contribution in [2.45, 2.75) is 52.7 Å². The SMILES string of the molecule is Cc1nc(C)c(B2OC(C)(C)C(C)(C)O2)o1.Cl. The summed E-state index contributed by atoms with van der Waals surface area (Å²) in [7, 11) is -0.453. The van der Waals surface area contributed by atoms with Crippen LogP contribution in [0.5, 0.6) is 0 Å². The van der Waals surface area contributed by atoms with Gasteiger partial charge in [-0.3, -0.25) is 0 Å². The van der Waals surface area contributed by atoms with Crippen LogP contribution in [0.15, 0.2) is 4.42 Å². The van der Waals surface area contributed by atoms with Gasteiger partial charge in [-0.15, -0.1) is 12.4 Å². The second-order valence-electron chi connectivity index (χ2n) is 5.27. The van der Waals surface area contributed by atoms with Gasteiger partial charge >= 0.3 is 7.12 Å². The first-order valence-corrected chi connectivity index (χ1v) is 5.52. The number of aromatic nitrogens is 1. The number of oxazole rings is 1. The zero-order valence-corrected chi connectivity index (χ0v) is 12.0. The predicted octanol–water partition coefficient (Wildman–Crippen LogP) is 2.01. The average Bonchev–Trinajstić information content (AvgIpc) is 2.51. The van der Waals surface area contributed by atoms with Crippen molar-refractivity contribution in [3.05, 3.63) is 11.6 Å². The number of aryl methyl sites for hydroxylation is 2. The van der Waals surface area contributed by atoms with E-state index in [4.69, 9.17) is 13.7 Å². The highest BCUT2D eigenvalue weighted by molar-refractivity contribution is 6.61. The molecule has 2 heterocycles. The van der Waals surface area contributed by atoms with Crippen molar-refractivity contribution < 1.29 is 13.7 Å². The molecule has 1 aliphatic rings. The molecule has 0 N–H and O–H groups in total. The highest BCUT2D eigenvalue weighted by atomic mass is 35.5. The quantitative estimate of drug-likeness (QED) is 0.724. The highest BCUT2D eigenvalue weighted by Crippen LogP contribution is 2.36. The Kier molecular flexibility index (Phi) is 3.68. The third kappa shape index (κ3) is 2.37. The van der Waals surface area contributed by atoms with E-state index < -0.39 is 7.12 Å². The number of nitrogens with zero attached hydrogens (tertiary/aromatic N) is 1. The minimum Gasteiger partial charge on any atom is -0.449 e. The van der Waals surface area contributed by atoms with Gasteiger partial charge in [0.1, 0.15) is 0 Å². The lowest BCUT2D eigenvalue weighted by Gasteiger charge is -2.32. The molecule has 1 saturated heterocycles. The molecule has 1 aliphatic heterocycles. The topological polar surface area (TPSA) is 44.5 Å². The summed E-state index contributed by atoms with van der Waals surface area (Å²) >= 11 is 0. The van der Waals surface area contributed by atoms with Crippen LogP contribution in [0.4, 0.5) is 0 Å². The van der Waals surface area contributed by atoms with Gasteiger partial charge in [-0.05, 0) is 34.6 Å². The molecule has 0 aromatic carbocycles. The number of hydrogen-bond donors (Lipinski definition) is 0. The van der Waals surface area contributed by atoms with Crippen molar-refractivity contribution in [3.8, 4) is 0 Å². The smallest absolute Gasteiger partial charge is 0.449 e. The van der Waals surface area contributed by atoms with Crippen molar-refractivity contribution in [2.24, 2.45) is 0 Å². The summed E-state index contributed by atoms with van der Waals surface area (Å²) in [6.07, 6.45) is 0. The van der Waals surface area contributed by atoms with Gasteiger partial charge in [0.2, 0.25) is 0 Å². The third-order valence-corrected chi connectivity index (χ3v) is 3.41. The molecule has 0 amide bonds. The summed E-state index contributed by atoms with van der Waals surface area (Å²) < 4.78 is 17.3. The Morgan fingerprint density at radius 3 is 1.82 bits per heavy atom. The number of rotatable bonds is 1.